The van der Waals surface area contributed by atoms with Gasteiger partial charge in [-0.15, -0.1) is 0 Å². The largest absolute Gasteiger partial charge is 0.759 e. The minimum Gasteiger partial charge on any atom is -0.759 e. The maximum Gasteiger partial charge on any atom is 0.313 e. The van der Waals surface area contributed by atoms with Crippen LogP contribution in [0.5, 0.6) is 0 Å². The molecule has 0 bridgehead atoms. The molecule has 0 heterocycles. The Bertz CT molecular complexity index is 387. The molecule has 0 saturated carbocycles. The van der Waals surface area contributed by atoms with Gasteiger partial charge in [-0.25, -0.2) is 0 Å². The van der Waals surface area contributed by atoms with Crippen molar-refractivity contribution in [1.29, 1.82) is 0 Å². The summed E-state index contributed by atoms with van der Waals surface area (Å²) in [5, 5.41) is 36.8. The van der Waals surface area contributed by atoms with Crippen LogP contribution in [0.25, 0.3) is 0 Å². The van der Waals surface area contributed by atoms with E-state index in [2.05, 4.69) is 0 Å². The second-order valence-corrected chi connectivity index (χ2v) is 7.51. The van der Waals surface area contributed by atoms with Gasteiger partial charge in [0.05, 0.1) is 55.1 Å². The fourth-order valence-corrected chi connectivity index (χ4v) is 0.949. The van der Waals surface area contributed by atoms with E-state index in [-0.39, 0.29) is 8.97 Å². The first kappa shape index (κ1) is 27.5. The van der Waals surface area contributed by atoms with E-state index in [0.29, 0.717) is 12.8 Å². The van der Waals surface area contributed by atoms with Crippen molar-refractivity contribution in [2.75, 3.05) is 42.3 Å². The van der Waals surface area contributed by atoms with Gasteiger partial charge < -0.3 is 29.5 Å². The first-order valence-corrected chi connectivity index (χ1v) is 8.15. The van der Waals surface area contributed by atoms with Gasteiger partial charge in [0.1, 0.15) is 0 Å². The van der Waals surface area contributed by atoms with Gasteiger partial charge in [-0.05, 0) is 0 Å². The van der Waals surface area contributed by atoms with Crippen LogP contribution in [0.4, 0.5) is 0 Å². The normalized spacial score (nSPS) is 13.5. The average molecular weight is 364 g/mol. The average Bonchev–Trinajstić information content (AvgIpc) is 2.24. The molecule has 0 spiro atoms. The van der Waals surface area contributed by atoms with E-state index in [9.17, 15) is 20.4 Å². The summed E-state index contributed by atoms with van der Waals surface area (Å²) in [4.78, 5) is 0. The van der Waals surface area contributed by atoms with Crippen LogP contribution in [0.3, 0.4) is 0 Å². The van der Waals surface area contributed by atoms with Crippen LogP contribution >= 0.6 is 0 Å². The highest BCUT2D eigenvalue weighted by molar-refractivity contribution is 7.79. The Labute approximate surface area is 139 Å². The number of hydrogen-bond donors (Lipinski definition) is 4. The molecule has 0 radical (unpaired) electrons. The smallest absolute Gasteiger partial charge is 0.313 e. The lowest BCUT2D eigenvalue weighted by Crippen LogP contribution is -2.56. The molecule has 23 heavy (non-hydrogen) atoms. The van der Waals surface area contributed by atoms with Crippen molar-refractivity contribution < 1.29 is 46.9 Å². The van der Waals surface area contributed by atoms with Gasteiger partial charge in [0, 0.05) is 10.4 Å². The van der Waals surface area contributed by atoms with Crippen LogP contribution < -0.4 is 0 Å². The van der Waals surface area contributed by atoms with Crippen LogP contribution in [-0.4, -0.2) is 101 Å². The predicted octanol–water partition coefficient (Wildman–Crippen LogP) is -1.86. The quantitative estimate of drug-likeness (QED) is 0.195. The molecule has 0 aromatic carbocycles. The molecule has 0 aromatic heterocycles. The molecule has 0 aliphatic carbocycles. The number of aliphatic hydroxyl groups is 4. The van der Waals surface area contributed by atoms with Crippen LogP contribution in [0.2, 0.25) is 0 Å². The van der Waals surface area contributed by atoms with Gasteiger partial charge in [-0.3, -0.25) is 17.4 Å². The van der Waals surface area contributed by atoms with Crippen LogP contribution in [-0.2, 0) is 10.4 Å². The number of nitrogens with zero attached hydrogens (tertiary/aromatic N) is 2. The monoisotopic (exact) mass is 364 g/mol. The molecule has 0 atom stereocenters. The fourth-order valence-electron chi connectivity index (χ4n) is 0.949. The Balaban J connectivity index is -0.000000273. The summed E-state index contributed by atoms with van der Waals surface area (Å²) in [5.41, 5.74) is 0. The maximum atomic E-state index is 9.19. The summed E-state index contributed by atoms with van der Waals surface area (Å²) < 4.78 is 34.4. The van der Waals surface area contributed by atoms with Gasteiger partial charge in [-0.2, -0.15) is 0 Å². The standard InChI is InChI=1S/2C6H16NO2.H2O4S/c2*1-5-6(8,9)7(2,3)4;1-5(2,3)4/h2*8-9H,5H2,1-4H3;(H2,1,2,3,4)/q2*+1;/p-2. The highest BCUT2D eigenvalue weighted by Gasteiger charge is 2.36. The third-order valence-electron chi connectivity index (χ3n) is 3.10. The molecule has 4 N–H and O–H groups in total. The molecule has 10 nitrogen and oxygen atoms in total. The van der Waals surface area contributed by atoms with Crippen LogP contribution in [0, 0.1) is 0 Å². The topological polar surface area (TPSA) is 161 Å². The molecule has 0 fully saturated rings. The number of hydrogen-bond acceptors (Lipinski definition) is 8. The second-order valence-electron chi connectivity index (χ2n) is 6.69. The minimum absolute atomic E-state index is 0.156. The molecule has 0 amide bonds. The van der Waals surface area contributed by atoms with Crippen molar-refractivity contribution in [1.82, 2.24) is 0 Å². The molecule has 0 saturated heterocycles. The molecule has 144 valence electrons. The lowest BCUT2D eigenvalue weighted by atomic mass is 10.3. The molecule has 0 aliphatic heterocycles. The Morgan fingerprint density at radius 1 is 0.739 bits per heavy atom. The molecule has 0 aromatic rings. The van der Waals surface area contributed by atoms with Gasteiger partial charge in [-0.1, -0.05) is 13.8 Å². The van der Waals surface area contributed by atoms with Crippen molar-refractivity contribution in [3.63, 3.8) is 0 Å². The van der Waals surface area contributed by atoms with E-state index in [0.717, 1.165) is 0 Å². The molecule has 11 heteroatoms. The summed E-state index contributed by atoms with van der Waals surface area (Å²) in [6.45, 7) is 3.48. The van der Waals surface area contributed by atoms with Gasteiger partial charge in [0.2, 0.25) is 0 Å². The zero-order valence-corrected chi connectivity index (χ0v) is 16.0. The number of rotatable bonds is 4. The molecule has 0 rings (SSSR count). The lowest BCUT2D eigenvalue weighted by Gasteiger charge is -2.36. The molecule has 0 unspecified atom stereocenters. The van der Waals surface area contributed by atoms with E-state index in [4.69, 9.17) is 17.5 Å². The third kappa shape index (κ3) is 14.9. The highest BCUT2D eigenvalue weighted by Crippen LogP contribution is 2.15. The van der Waals surface area contributed by atoms with E-state index < -0.39 is 22.2 Å². The summed E-state index contributed by atoms with van der Waals surface area (Å²) in [6, 6.07) is 0. The van der Waals surface area contributed by atoms with E-state index in [1.54, 1.807) is 56.1 Å². The highest BCUT2D eigenvalue weighted by atomic mass is 32.3. The first-order chi connectivity index (χ1) is 9.62. The van der Waals surface area contributed by atoms with Crippen molar-refractivity contribution in [2.24, 2.45) is 0 Å². The van der Waals surface area contributed by atoms with Crippen LogP contribution in [0.15, 0.2) is 0 Å². The summed E-state index contributed by atoms with van der Waals surface area (Å²) >= 11 is 0. The SMILES string of the molecule is CCC(O)(O)[N+](C)(C)C.CCC(O)(O)[N+](C)(C)C.O=S(=O)([O-])[O-]. The minimum atomic E-state index is -5.17. The van der Waals surface area contributed by atoms with Crippen molar-refractivity contribution in [3.8, 4) is 0 Å². The second kappa shape index (κ2) is 9.20. The molecule has 0 aliphatic rings. The Hall–Kier alpha value is -0.370. The predicted molar refractivity (Wildman–Crippen MR) is 81.5 cm³/mol. The lowest BCUT2D eigenvalue weighted by molar-refractivity contribution is -0.979. The summed E-state index contributed by atoms with van der Waals surface area (Å²) in [7, 11) is 5.27. The maximum absolute atomic E-state index is 9.19. The van der Waals surface area contributed by atoms with Gasteiger partial charge in [0.25, 0.3) is 0 Å². The Morgan fingerprint density at radius 3 is 0.870 bits per heavy atom. The van der Waals surface area contributed by atoms with Crippen molar-refractivity contribution in [3.05, 3.63) is 0 Å². The first-order valence-electron chi connectivity index (χ1n) is 6.81. The third-order valence-corrected chi connectivity index (χ3v) is 3.10. The zero-order valence-electron chi connectivity index (χ0n) is 15.1. The molecular weight excluding hydrogens is 332 g/mol. The molecular formula is C12H32N2O8S. The van der Waals surface area contributed by atoms with E-state index >= 15 is 0 Å². The van der Waals surface area contributed by atoms with E-state index in [1.807, 2.05) is 0 Å². The van der Waals surface area contributed by atoms with Gasteiger partial charge >= 0.3 is 11.8 Å². The number of quaternary nitrogens is 2. The van der Waals surface area contributed by atoms with E-state index in [1.165, 1.54) is 0 Å². The summed E-state index contributed by atoms with van der Waals surface area (Å²) in [5.74, 6) is -3.17. The zero-order chi connectivity index (χ0) is 19.9. The van der Waals surface area contributed by atoms with Crippen molar-refractivity contribution >= 4 is 10.4 Å². The van der Waals surface area contributed by atoms with Crippen LogP contribution in [0.1, 0.15) is 26.7 Å². The summed E-state index contributed by atoms with van der Waals surface area (Å²) in [6.07, 6.45) is 0.688. The van der Waals surface area contributed by atoms with Crippen molar-refractivity contribution in [2.45, 2.75) is 38.5 Å². The Morgan fingerprint density at radius 2 is 0.870 bits per heavy atom. The Kier molecular flexibility index (Phi) is 11.0. The fraction of sp³-hybridized carbons (Fsp3) is 1.00. The van der Waals surface area contributed by atoms with Gasteiger partial charge in [0.15, 0.2) is 0 Å².